The summed E-state index contributed by atoms with van der Waals surface area (Å²) >= 11 is 0. The van der Waals surface area contributed by atoms with Gasteiger partial charge in [0.2, 0.25) is 23.5 Å². The van der Waals surface area contributed by atoms with E-state index >= 15 is 0 Å². The van der Waals surface area contributed by atoms with E-state index in [1.165, 1.54) is 6.92 Å². The summed E-state index contributed by atoms with van der Waals surface area (Å²) in [5.74, 6) is -3.51. The van der Waals surface area contributed by atoms with Gasteiger partial charge in [0, 0.05) is 12.1 Å². The van der Waals surface area contributed by atoms with E-state index in [0.717, 1.165) is 57.8 Å². The van der Waals surface area contributed by atoms with Crippen molar-refractivity contribution in [3.8, 4) is 0 Å². The molecule has 53 heavy (non-hydrogen) atoms. The number of nitrogens with one attached hydrogen (secondary N) is 4. The van der Waals surface area contributed by atoms with Gasteiger partial charge in [-0.2, -0.15) is 0 Å². The number of likely N-dealkylation sites (tertiary alicyclic amines) is 1. The second-order valence-corrected chi connectivity index (χ2v) is 17.2. The molecule has 12 nitrogen and oxygen atoms in total. The number of nitrogens with zero attached hydrogens (tertiary/aromatic N) is 1. The predicted molar refractivity (Wildman–Crippen MR) is 200 cm³/mol. The van der Waals surface area contributed by atoms with Crippen molar-refractivity contribution in [2.45, 2.75) is 166 Å². The molecule has 0 radical (unpaired) electrons. The summed E-state index contributed by atoms with van der Waals surface area (Å²) in [6, 6.07) is 4.48. The van der Waals surface area contributed by atoms with Gasteiger partial charge in [-0.05, 0) is 81.1 Å². The second-order valence-electron chi connectivity index (χ2n) is 17.2. The molecule has 7 atom stereocenters. The number of ketones is 1. The van der Waals surface area contributed by atoms with E-state index in [-0.39, 0.29) is 29.8 Å². The Morgan fingerprint density at radius 1 is 0.830 bits per heavy atom. The van der Waals surface area contributed by atoms with Gasteiger partial charge in [0.25, 0.3) is 11.8 Å². The molecule has 3 saturated carbocycles. The molecule has 0 spiro atoms. The van der Waals surface area contributed by atoms with Gasteiger partial charge in [0.1, 0.15) is 18.1 Å². The largest absolute Gasteiger partial charge is 0.376 e. The molecule has 12 heteroatoms. The van der Waals surface area contributed by atoms with E-state index in [0.29, 0.717) is 37.7 Å². The van der Waals surface area contributed by atoms with Crippen LogP contribution in [0, 0.1) is 17.3 Å². The Morgan fingerprint density at radius 2 is 1.47 bits per heavy atom. The van der Waals surface area contributed by atoms with Gasteiger partial charge in [-0.25, -0.2) is 0 Å². The molecule has 5 N–H and O–H groups in total. The minimum Gasteiger partial charge on any atom is -0.376 e. The highest BCUT2D eigenvalue weighted by atomic mass is 16.3. The van der Waals surface area contributed by atoms with E-state index in [4.69, 9.17) is 0 Å². The average Bonchev–Trinajstić information content (AvgIpc) is 3.87. The Hall–Kier alpha value is -3.80. The van der Waals surface area contributed by atoms with Crippen molar-refractivity contribution in [2.75, 3.05) is 0 Å². The lowest BCUT2D eigenvalue weighted by atomic mass is 9.81. The molecular weight excluding hydrogens is 674 g/mol. The zero-order chi connectivity index (χ0) is 38.5. The Morgan fingerprint density at radius 3 is 2.09 bits per heavy atom. The van der Waals surface area contributed by atoms with Crippen LogP contribution in [0.3, 0.4) is 0 Å². The number of aliphatic hydroxyl groups is 1. The number of Topliss-reactive ketones (excluding diaryl/α,β-unsaturated/α-hetero) is 1. The number of carbonyl (C=O) groups is 6. The maximum absolute atomic E-state index is 14.9. The summed E-state index contributed by atoms with van der Waals surface area (Å²) < 4.78 is 0. The third-order valence-corrected chi connectivity index (χ3v) is 11.9. The summed E-state index contributed by atoms with van der Waals surface area (Å²) in [5, 5.41) is 22.8. The molecule has 5 amide bonds. The Bertz CT molecular complexity index is 1500. The van der Waals surface area contributed by atoms with E-state index in [9.17, 15) is 33.9 Å². The topological polar surface area (TPSA) is 174 Å². The summed E-state index contributed by atoms with van der Waals surface area (Å²) in [7, 11) is 0. The van der Waals surface area contributed by atoms with Crippen LogP contribution < -0.4 is 21.3 Å². The number of hydrogen-bond donors (Lipinski definition) is 5. The fourth-order valence-electron chi connectivity index (χ4n) is 8.55. The smallest absolute Gasteiger partial charge is 0.289 e. The van der Waals surface area contributed by atoms with E-state index in [1.807, 2.05) is 27.7 Å². The van der Waals surface area contributed by atoms with Crippen LogP contribution in [0.15, 0.2) is 30.3 Å². The predicted octanol–water partition coefficient (Wildman–Crippen LogP) is 3.78. The van der Waals surface area contributed by atoms with Gasteiger partial charge < -0.3 is 31.3 Å². The number of benzene rings is 1. The first-order valence-electron chi connectivity index (χ1n) is 20.0. The maximum atomic E-state index is 14.9. The maximum Gasteiger partial charge on any atom is 0.289 e. The number of fused-ring (bicyclic) bond motifs is 1. The van der Waals surface area contributed by atoms with Crippen LogP contribution in [0.25, 0.3) is 0 Å². The average molecular weight is 736 g/mol. The molecule has 2 unspecified atom stereocenters. The lowest BCUT2D eigenvalue weighted by Crippen LogP contribution is -2.63. The first kappa shape index (κ1) is 40.4. The van der Waals surface area contributed by atoms with Crippen molar-refractivity contribution < 1.29 is 33.9 Å². The van der Waals surface area contributed by atoms with Gasteiger partial charge in [-0.15, -0.1) is 0 Å². The van der Waals surface area contributed by atoms with Gasteiger partial charge >= 0.3 is 0 Å². The molecule has 0 bridgehead atoms. The molecular formula is C41H61N5O7. The molecule has 1 aliphatic heterocycles. The van der Waals surface area contributed by atoms with Crippen LogP contribution in [0.2, 0.25) is 0 Å². The number of carbonyl (C=O) groups excluding carboxylic acids is 6. The third-order valence-electron chi connectivity index (χ3n) is 11.9. The summed E-state index contributed by atoms with van der Waals surface area (Å²) in [6.07, 6.45) is 10.7. The van der Waals surface area contributed by atoms with Gasteiger partial charge in [0.05, 0.1) is 6.04 Å². The monoisotopic (exact) mass is 735 g/mol. The van der Waals surface area contributed by atoms with Crippen molar-refractivity contribution in [1.29, 1.82) is 0 Å². The molecule has 1 aromatic rings. The molecule has 0 aromatic heterocycles. The van der Waals surface area contributed by atoms with Crippen LogP contribution in [0.1, 0.15) is 130 Å². The van der Waals surface area contributed by atoms with E-state index in [2.05, 4.69) is 21.3 Å². The van der Waals surface area contributed by atoms with E-state index in [1.54, 1.807) is 35.2 Å². The normalized spacial score (nSPS) is 24.8. The first-order valence-corrected chi connectivity index (χ1v) is 20.0. The van der Waals surface area contributed by atoms with Crippen molar-refractivity contribution in [3.05, 3.63) is 35.9 Å². The minimum absolute atomic E-state index is 0.00286. The Balaban J connectivity index is 1.39. The molecule has 1 saturated heterocycles. The van der Waals surface area contributed by atoms with Gasteiger partial charge in [-0.1, -0.05) is 96.6 Å². The summed E-state index contributed by atoms with van der Waals surface area (Å²) in [6.45, 7) is 8.88. The highest BCUT2D eigenvalue weighted by Gasteiger charge is 2.51. The molecule has 4 fully saturated rings. The number of amides is 5. The minimum atomic E-state index is -1.89. The van der Waals surface area contributed by atoms with Crippen molar-refractivity contribution in [1.82, 2.24) is 26.2 Å². The van der Waals surface area contributed by atoms with Gasteiger partial charge in [-0.3, -0.25) is 28.8 Å². The SMILES string of the molecule is CCC[C@H](NC(=O)[C@H]1CC2CCCCC2N1C(=O)[C@@H](NC(=O)[C@@H](NC(=O)[C@](C)(O)c1ccccc1)C1CCCCC1)C(C)(C)C)C(=O)C(=O)NC1CC1. The molecule has 292 valence electrons. The van der Waals surface area contributed by atoms with Crippen LogP contribution >= 0.6 is 0 Å². The third kappa shape index (κ3) is 9.66. The van der Waals surface area contributed by atoms with Crippen LogP contribution in [-0.4, -0.2) is 81.6 Å². The fourth-order valence-corrected chi connectivity index (χ4v) is 8.55. The first-order chi connectivity index (χ1) is 25.1. The molecule has 3 aliphatic carbocycles. The fraction of sp³-hybridized carbons (Fsp3) is 0.707. The lowest BCUT2D eigenvalue weighted by Gasteiger charge is -2.41. The summed E-state index contributed by atoms with van der Waals surface area (Å²) in [4.78, 5) is 84.7. The molecule has 5 rings (SSSR count). The number of rotatable bonds is 14. The zero-order valence-corrected chi connectivity index (χ0v) is 32.2. The quantitative estimate of drug-likeness (QED) is 0.181. The van der Waals surface area contributed by atoms with Crippen LogP contribution in [0.4, 0.5) is 0 Å². The van der Waals surface area contributed by atoms with Gasteiger partial charge in [0.15, 0.2) is 5.60 Å². The van der Waals surface area contributed by atoms with Crippen molar-refractivity contribution in [2.24, 2.45) is 17.3 Å². The Kier molecular flexibility index (Phi) is 13.0. The summed E-state index contributed by atoms with van der Waals surface area (Å²) in [5.41, 5.74) is -2.27. The lowest BCUT2D eigenvalue weighted by molar-refractivity contribution is -0.148. The number of hydrogen-bond acceptors (Lipinski definition) is 7. The molecule has 1 heterocycles. The Labute approximate surface area is 314 Å². The van der Waals surface area contributed by atoms with E-state index < -0.39 is 64.6 Å². The van der Waals surface area contributed by atoms with Crippen molar-refractivity contribution in [3.63, 3.8) is 0 Å². The van der Waals surface area contributed by atoms with Crippen molar-refractivity contribution >= 4 is 35.3 Å². The molecule has 4 aliphatic rings. The highest BCUT2D eigenvalue weighted by Crippen LogP contribution is 2.41. The highest BCUT2D eigenvalue weighted by molar-refractivity contribution is 6.38. The van der Waals surface area contributed by atoms with Crippen LogP contribution in [-0.2, 0) is 34.4 Å². The van der Waals surface area contributed by atoms with Crippen LogP contribution in [0.5, 0.6) is 0 Å². The second kappa shape index (κ2) is 17.1. The standard InChI is InChI=1S/C41H61N5O7/c1-6-15-29(33(47)37(50)42-28-22-23-28)43-35(48)31-24-26-18-13-14-21-30(26)46(31)38(51)34(40(2,3)4)45-36(49)32(25-16-9-7-10-17-25)44-39(52)41(5,53)27-19-11-8-12-20-27/h8,11-12,19-20,25-26,28-32,34,53H,6-7,9-10,13-18,21-24H2,1-5H3,(H,42,50)(H,43,48)(H,44,52)(H,45,49)/t26?,29-,30?,31+,32-,34+,41+/m0/s1. The zero-order valence-electron chi connectivity index (χ0n) is 32.2. The molecule has 1 aromatic carbocycles.